The van der Waals surface area contributed by atoms with Gasteiger partial charge in [-0.1, -0.05) is 229 Å². The standard InChI is InChI=1S/C48H61N3O6.C47H60N2O5/c1-31-13-15-33(26-40(31)50-43(54)56-38-21-16-34(17-22-38)47(9,10)29-45(3,4)5)25-37(52)28-42(53)49-36-20-14-32(2)41(27-36)51-44(55)57-39-23-18-35(19-24-39)48(11,12)30-46(6,7)8;1-31-13-15-33(27-40(31)48-42(51)53-38-21-17-35(18-22-38)46(9,10)29-44(3,4)5)25-37(50)26-34-16-14-32(2)41(28-34)49-43(52)54-39-23-19-36(20-24-39)47(11,12)30-45(6,7)8/h13-24,26-27H,25,28-30H2,1-12H3,(H,49,53)(H,50,54)(H,51,55);13-24,27-28H,25-26,29-30H2,1-12H3,(H,48,51)(H,49,52). The maximum absolute atomic E-state index is 13.2. The van der Waals surface area contributed by atoms with Crippen LogP contribution in [0.15, 0.2) is 170 Å². The number of nitrogens with one attached hydrogen (secondary N) is 5. The Balaban J connectivity index is 0.000000309. The molecule has 0 bridgehead atoms. The van der Waals surface area contributed by atoms with Crippen LogP contribution in [0.2, 0.25) is 0 Å². The van der Waals surface area contributed by atoms with Crippen molar-refractivity contribution in [2.75, 3.05) is 26.6 Å². The van der Waals surface area contributed by atoms with Crippen LogP contribution in [0.4, 0.5) is 47.6 Å². The number of carbonyl (C=O) groups excluding carboxylic acids is 7. The number of ether oxygens (including phenoxy) is 4. The molecule has 592 valence electrons. The van der Waals surface area contributed by atoms with Gasteiger partial charge in [0.05, 0.1) is 6.42 Å². The molecule has 0 spiro atoms. The first-order valence-corrected chi connectivity index (χ1v) is 38.5. The smallest absolute Gasteiger partial charge is 0.410 e. The normalized spacial score (nSPS) is 12.1. The molecule has 0 radical (unpaired) electrons. The van der Waals surface area contributed by atoms with Crippen molar-refractivity contribution in [1.82, 2.24) is 0 Å². The number of hydrogen-bond acceptors (Lipinski definition) is 11. The minimum Gasteiger partial charge on any atom is -0.410 e. The highest BCUT2D eigenvalue weighted by Gasteiger charge is 2.32. The molecule has 0 fully saturated rings. The molecule has 8 aromatic carbocycles. The molecule has 5 amide bonds. The molecule has 0 heterocycles. The number of aryl methyl sites for hydroxylation is 4. The van der Waals surface area contributed by atoms with Gasteiger partial charge in [-0.15, -0.1) is 0 Å². The molecule has 0 saturated heterocycles. The molecule has 111 heavy (non-hydrogen) atoms. The Morgan fingerprint density at radius 3 is 0.739 bits per heavy atom. The molecule has 0 aliphatic rings. The van der Waals surface area contributed by atoms with Crippen molar-refractivity contribution >= 4 is 70.3 Å². The van der Waals surface area contributed by atoms with Gasteiger partial charge in [-0.05, 0) is 237 Å². The zero-order valence-electron chi connectivity index (χ0n) is 70.3. The predicted octanol–water partition coefficient (Wildman–Crippen LogP) is 24.4. The second kappa shape index (κ2) is 36.2. The van der Waals surface area contributed by atoms with Crippen molar-refractivity contribution in [1.29, 1.82) is 0 Å². The van der Waals surface area contributed by atoms with Gasteiger partial charge < -0.3 is 24.3 Å². The number of Topliss-reactive ketones (excluding diaryl/α,β-unsaturated/α-hetero) is 2. The van der Waals surface area contributed by atoms with E-state index in [0.717, 1.165) is 64.6 Å². The number of anilines is 5. The summed E-state index contributed by atoms with van der Waals surface area (Å²) in [5.74, 6) is 0.945. The van der Waals surface area contributed by atoms with Gasteiger partial charge in [0, 0.05) is 47.7 Å². The fourth-order valence-electron chi connectivity index (χ4n) is 15.3. The molecular formula is C95H121N5O11. The Labute approximate surface area is 660 Å². The summed E-state index contributed by atoms with van der Waals surface area (Å²) in [6.07, 6.45) is 1.52. The third kappa shape index (κ3) is 28.8. The molecule has 0 saturated carbocycles. The van der Waals surface area contributed by atoms with E-state index in [1.165, 1.54) is 16.7 Å². The van der Waals surface area contributed by atoms with Crippen LogP contribution in [-0.2, 0) is 55.3 Å². The molecule has 0 aromatic heterocycles. The first kappa shape index (κ1) is 87.9. The molecule has 0 aliphatic heterocycles. The molecule has 16 nitrogen and oxygen atoms in total. The van der Waals surface area contributed by atoms with Gasteiger partial charge in [-0.3, -0.25) is 35.7 Å². The van der Waals surface area contributed by atoms with Gasteiger partial charge >= 0.3 is 24.4 Å². The third-order valence-electron chi connectivity index (χ3n) is 19.2. The topological polar surface area (TPSA) is 217 Å². The Bertz CT molecular complexity index is 4310. The molecule has 16 heteroatoms. The van der Waals surface area contributed by atoms with Gasteiger partial charge in [0.15, 0.2) is 0 Å². The van der Waals surface area contributed by atoms with Crippen LogP contribution in [0.1, 0.15) is 232 Å². The lowest BCUT2D eigenvalue weighted by atomic mass is 9.72. The number of hydrogen-bond donors (Lipinski definition) is 5. The number of rotatable bonds is 25. The lowest BCUT2D eigenvalue weighted by molar-refractivity contribution is -0.125. The van der Waals surface area contributed by atoms with E-state index in [1.807, 2.05) is 137 Å². The largest absolute Gasteiger partial charge is 0.417 e. The third-order valence-corrected chi connectivity index (χ3v) is 19.2. The van der Waals surface area contributed by atoms with Crippen LogP contribution in [0, 0.1) is 49.4 Å². The van der Waals surface area contributed by atoms with Crippen LogP contribution in [0.3, 0.4) is 0 Å². The van der Waals surface area contributed by atoms with Gasteiger partial charge in [-0.2, -0.15) is 0 Å². The highest BCUT2D eigenvalue weighted by atomic mass is 16.6. The molecule has 8 rings (SSSR count). The number of carbonyl (C=O) groups is 7. The SMILES string of the molecule is Cc1ccc(CC(=O)CC(=O)Nc2ccc(C)c(NC(=O)Oc3ccc(C(C)(C)CC(C)(C)C)cc3)c2)cc1NC(=O)Oc1ccc(C(C)(C)CC(C)(C)C)cc1.Cc1ccc(CC(=O)Cc2ccc(C)c(NC(=O)Oc3ccc(C(C)(C)CC(C)(C)C)cc3)c2)cc1NC(=O)Oc1ccc(C(C)(C)CC(C)(C)C)cc1. The second-order valence-electron chi connectivity index (χ2n) is 37.5. The molecule has 0 unspecified atom stereocenters. The van der Waals surface area contributed by atoms with E-state index < -0.39 is 30.3 Å². The summed E-state index contributed by atoms with van der Waals surface area (Å²) in [7, 11) is 0. The summed E-state index contributed by atoms with van der Waals surface area (Å²) in [6, 6.07) is 52.0. The van der Waals surface area contributed by atoms with Crippen molar-refractivity contribution in [3.8, 4) is 23.0 Å². The number of amides is 5. The predicted molar refractivity (Wildman–Crippen MR) is 452 cm³/mol. The quantitative estimate of drug-likeness (QED) is 0.0339. The minimum atomic E-state index is -0.663. The summed E-state index contributed by atoms with van der Waals surface area (Å²) in [4.78, 5) is 90.5. The Morgan fingerprint density at radius 1 is 0.270 bits per heavy atom. The Kier molecular flexibility index (Phi) is 28.7. The number of ketones is 2. The van der Waals surface area contributed by atoms with Crippen LogP contribution in [0.25, 0.3) is 0 Å². The Morgan fingerprint density at radius 2 is 0.495 bits per heavy atom. The second-order valence-corrected chi connectivity index (χ2v) is 37.5. The van der Waals surface area contributed by atoms with E-state index in [4.69, 9.17) is 18.9 Å². The lowest BCUT2D eigenvalue weighted by Crippen LogP contribution is -2.24. The zero-order valence-corrected chi connectivity index (χ0v) is 70.3. The van der Waals surface area contributed by atoms with Crippen molar-refractivity contribution < 1.29 is 52.5 Å². The van der Waals surface area contributed by atoms with Crippen LogP contribution < -0.4 is 45.5 Å². The van der Waals surface area contributed by atoms with Gasteiger partial charge in [0.2, 0.25) is 5.91 Å². The molecule has 8 aromatic rings. The van der Waals surface area contributed by atoms with E-state index >= 15 is 0 Å². The van der Waals surface area contributed by atoms with Crippen molar-refractivity contribution in [3.63, 3.8) is 0 Å². The molecule has 5 N–H and O–H groups in total. The highest BCUT2D eigenvalue weighted by molar-refractivity contribution is 6.05. The van der Waals surface area contributed by atoms with Gasteiger partial charge in [0.1, 0.15) is 34.6 Å². The molecular weight excluding hydrogens is 1390 g/mol. The lowest BCUT2D eigenvalue weighted by Gasteiger charge is -2.33. The van der Waals surface area contributed by atoms with Gasteiger partial charge in [0.25, 0.3) is 0 Å². The first-order valence-electron chi connectivity index (χ1n) is 38.5. The van der Waals surface area contributed by atoms with Crippen molar-refractivity contribution in [2.45, 2.75) is 239 Å². The first-order chi connectivity index (χ1) is 51.3. The van der Waals surface area contributed by atoms with Crippen LogP contribution in [0.5, 0.6) is 23.0 Å². The zero-order chi connectivity index (χ0) is 82.4. The summed E-state index contributed by atoms with van der Waals surface area (Å²) in [6.45, 7) is 51.9. The van der Waals surface area contributed by atoms with Crippen LogP contribution in [-0.4, -0.2) is 41.8 Å². The van der Waals surface area contributed by atoms with Crippen LogP contribution >= 0.6 is 0 Å². The average molecular weight is 1510 g/mol. The molecule has 0 atom stereocenters. The summed E-state index contributed by atoms with van der Waals surface area (Å²) < 4.78 is 22.3. The van der Waals surface area contributed by atoms with Gasteiger partial charge in [-0.25, -0.2) is 19.2 Å². The summed E-state index contributed by atoms with van der Waals surface area (Å²) >= 11 is 0. The summed E-state index contributed by atoms with van der Waals surface area (Å²) in [5, 5.41) is 14.0. The molecule has 0 aliphatic carbocycles. The van der Waals surface area contributed by atoms with E-state index in [-0.39, 0.29) is 80.6 Å². The monoisotopic (exact) mass is 1510 g/mol. The minimum absolute atomic E-state index is 0.00583. The fraction of sp³-hybridized carbons (Fsp3) is 0.421. The maximum atomic E-state index is 13.2. The highest BCUT2D eigenvalue weighted by Crippen LogP contribution is 2.41. The van der Waals surface area contributed by atoms with E-state index in [1.54, 1.807) is 60.7 Å². The number of benzene rings is 8. The van der Waals surface area contributed by atoms with Crippen molar-refractivity contribution in [3.05, 3.63) is 231 Å². The Hall–Kier alpha value is -10.4. The maximum Gasteiger partial charge on any atom is 0.417 e. The van der Waals surface area contributed by atoms with Crippen molar-refractivity contribution in [2.24, 2.45) is 21.7 Å². The average Bonchev–Trinajstić information content (AvgIpc) is 0.835. The summed E-state index contributed by atoms with van der Waals surface area (Å²) in [5.41, 5.74) is 13.3. The fourth-order valence-corrected chi connectivity index (χ4v) is 15.3. The van der Waals surface area contributed by atoms with E-state index in [9.17, 15) is 33.6 Å². The van der Waals surface area contributed by atoms with E-state index in [0.29, 0.717) is 57.0 Å². The van der Waals surface area contributed by atoms with E-state index in [2.05, 4.69) is 165 Å².